The fourth-order valence-electron chi connectivity index (χ4n) is 2.12. The molecule has 2 N–H and O–H groups in total. The summed E-state index contributed by atoms with van der Waals surface area (Å²) in [4.78, 5) is 18.2. The van der Waals surface area contributed by atoms with E-state index in [4.69, 9.17) is 0 Å². The maximum atomic E-state index is 11.8. The lowest BCUT2D eigenvalue weighted by molar-refractivity contribution is 0.0951. The Balaban J connectivity index is 2.17. The molecule has 1 saturated heterocycles. The van der Waals surface area contributed by atoms with E-state index in [1.54, 1.807) is 6.20 Å². The minimum atomic E-state index is -0.109. The molecule has 1 aliphatic rings. The Bertz CT molecular complexity index is 417. The van der Waals surface area contributed by atoms with Gasteiger partial charge in [-0.2, -0.15) is 0 Å². The summed E-state index contributed by atoms with van der Waals surface area (Å²) in [6.07, 6.45) is 1.70. The summed E-state index contributed by atoms with van der Waals surface area (Å²) in [5.41, 5.74) is 1.56. The van der Waals surface area contributed by atoms with Crippen LogP contribution in [0.2, 0.25) is 0 Å². The van der Waals surface area contributed by atoms with Crippen LogP contribution in [-0.4, -0.2) is 43.1 Å². The Morgan fingerprint density at radius 1 is 1.56 bits per heavy atom. The molecule has 5 heteroatoms. The van der Waals surface area contributed by atoms with Gasteiger partial charge in [0.1, 0.15) is 5.69 Å². The molecule has 1 aromatic rings. The van der Waals surface area contributed by atoms with E-state index in [0.717, 1.165) is 25.3 Å². The fourth-order valence-corrected chi connectivity index (χ4v) is 2.12. The molecule has 0 atom stereocenters. The molecule has 0 aliphatic carbocycles. The van der Waals surface area contributed by atoms with Crippen molar-refractivity contribution in [2.24, 2.45) is 0 Å². The smallest absolute Gasteiger partial charge is 0.269 e. The van der Waals surface area contributed by atoms with Gasteiger partial charge in [0.05, 0.1) is 6.04 Å². The zero-order valence-electron chi connectivity index (χ0n) is 10.9. The van der Waals surface area contributed by atoms with E-state index in [9.17, 15) is 4.79 Å². The maximum absolute atomic E-state index is 11.8. The van der Waals surface area contributed by atoms with E-state index in [0.29, 0.717) is 18.3 Å². The minimum Gasteiger partial charge on any atom is -0.366 e. The summed E-state index contributed by atoms with van der Waals surface area (Å²) in [5.74, 6) is -0.109. The van der Waals surface area contributed by atoms with Crippen molar-refractivity contribution >= 4 is 11.6 Å². The second-order valence-electron chi connectivity index (χ2n) is 4.36. The van der Waals surface area contributed by atoms with E-state index < -0.39 is 0 Å². The molecule has 5 nitrogen and oxygen atoms in total. The van der Waals surface area contributed by atoms with Crippen molar-refractivity contribution in [2.45, 2.75) is 19.9 Å². The zero-order valence-corrected chi connectivity index (χ0v) is 10.9. The molecule has 0 saturated carbocycles. The van der Waals surface area contributed by atoms with Gasteiger partial charge in [0.15, 0.2) is 0 Å². The van der Waals surface area contributed by atoms with Crippen molar-refractivity contribution in [1.29, 1.82) is 0 Å². The predicted octanol–water partition coefficient (Wildman–Crippen LogP) is 0.629. The molecule has 1 aromatic heterocycles. The Hall–Kier alpha value is -1.62. The maximum Gasteiger partial charge on any atom is 0.269 e. The third kappa shape index (κ3) is 2.61. The number of amides is 1. The molecule has 1 aliphatic heterocycles. The number of nitrogens with one attached hydrogen (secondary N) is 2. The lowest BCUT2D eigenvalue weighted by atomic mass is 10.1. The van der Waals surface area contributed by atoms with Crippen LogP contribution in [0, 0.1) is 0 Å². The van der Waals surface area contributed by atoms with Crippen molar-refractivity contribution in [3.05, 3.63) is 24.0 Å². The molecule has 1 amide bonds. The van der Waals surface area contributed by atoms with Crippen molar-refractivity contribution in [1.82, 2.24) is 15.6 Å². The quantitative estimate of drug-likeness (QED) is 0.802. The highest BCUT2D eigenvalue weighted by molar-refractivity contribution is 5.93. The monoisotopic (exact) mass is 248 g/mol. The summed E-state index contributed by atoms with van der Waals surface area (Å²) in [5, 5.41) is 6.04. The Labute approximate surface area is 108 Å². The van der Waals surface area contributed by atoms with Gasteiger partial charge in [0.2, 0.25) is 0 Å². The summed E-state index contributed by atoms with van der Waals surface area (Å²) in [6.45, 7) is 7.60. The molecule has 18 heavy (non-hydrogen) atoms. The Morgan fingerprint density at radius 2 is 2.33 bits per heavy atom. The summed E-state index contributed by atoms with van der Waals surface area (Å²) < 4.78 is 0. The first-order chi connectivity index (χ1) is 8.76. The van der Waals surface area contributed by atoms with Crippen LogP contribution in [0.4, 0.5) is 5.69 Å². The summed E-state index contributed by atoms with van der Waals surface area (Å²) >= 11 is 0. The normalized spacial score (nSPS) is 15.0. The number of pyridine rings is 1. The third-order valence-electron chi connectivity index (χ3n) is 3.19. The van der Waals surface area contributed by atoms with E-state index in [1.165, 1.54) is 0 Å². The molecule has 98 valence electrons. The van der Waals surface area contributed by atoms with Gasteiger partial charge in [-0.25, -0.2) is 0 Å². The lowest BCUT2D eigenvalue weighted by Crippen LogP contribution is -2.57. The van der Waals surface area contributed by atoms with Gasteiger partial charge in [-0.3, -0.25) is 9.78 Å². The van der Waals surface area contributed by atoms with Crippen LogP contribution in [0.25, 0.3) is 0 Å². The van der Waals surface area contributed by atoms with Crippen molar-refractivity contribution < 1.29 is 4.79 Å². The zero-order chi connectivity index (χ0) is 13.0. The van der Waals surface area contributed by atoms with Gasteiger partial charge in [-0.1, -0.05) is 0 Å². The first-order valence-corrected chi connectivity index (χ1v) is 6.47. The van der Waals surface area contributed by atoms with Crippen molar-refractivity contribution in [2.75, 3.05) is 31.1 Å². The highest BCUT2D eigenvalue weighted by Gasteiger charge is 2.24. The standard InChI is InChI=1S/C13H20N4O/c1-3-15-13(18)12-7-10(5-6-16-12)17(4-2)11-8-14-9-11/h5-7,11,14H,3-4,8-9H2,1-2H3,(H,15,18). The van der Waals surface area contributed by atoms with Gasteiger partial charge in [0.25, 0.3) is 5.91 Å². The molecule has 0 aromatic carbocycles. The van der Waals surface area contributed by atoms with Gasteiger partial charge in [-0.05, 0) is 26.0 Å². The fraction of sp³-hybridized carbons (Fsp3) is 0.538. The summed E-state index contributed by atoms with van der Waals surface area (Å²) in [7, 11) is 0. The van der Waals surface area contributed by atoms with Gasteiger partial charge >= 0.3 is 0 Å². The number of hydrogen-bond donors (Lipinski definition) is 2. The SMILES string of the molecule is CCNC(=O)c1cc(N(CC)C2CNC2)ccn1. The van der Waals surface area contributed by atoms with Gasteiger partial charge in [-0.15, -0.1) is 0 Å². The Morgan fingerprint density at radius 3 is 2.89 bits per heavy atom. The number of carbonyl (C=O) groups excluding carboxylic acids is 1. The van der Waals surface area contributed by atoms with Crippen LogP contribution in [0.5, 0.6) is 0 Å². The molecule has 2 rings (SSSR count). The van der Waals surface area contributed by atoms with Crippen molar-refractivity contribution in [3.63, 3.8) is 0 Å². The van der Waals surface area contributed by atoms with E-state index in [-0.39, 0.29) is 5.91 Å². The second kappa shape index (κ2) is 5.82. The van der Waals surface area contributed by atoms with Crippen LogP contribution in [0.15, 0.2) is 18.3 Å². The Kier molecular flexibility index (Phi) is 4.15. The van der Waals surface area contributed by atoms with Gasteiger partial charge < -0.3 is 15.5 Å². The van der Waals surface area contributed by atoms with Crippen LogP contribution < -0.4 is 15.5 Å². The molecular weight excluding hydrogens is 228 g/mol. The first-order valence-electron chi connectivity index (χ1n) is 6.47. The van der Waals surface area contributed by atoms with Crippen molar-refractivity contribution in [3.8, 4) is 0 Å². The highest BCUT2D eigenvalue weighted by atomic mass is 16.1. The molecule has 1 fully saturated rings. The third-order valence-corrected chi connectivity index (χ3v) is 3.19. The van der Waals surface area contributed by atoms with Gasteiger partial charge in [0, 0.05) is 38.1 Å². The summed E-state index contributed by atoms with van der Waals surface area (Å²) in [6, 6.07) is 4.36. The average molecular weight is 248 g/mol. The van der Waals surface area contributed by atoms with Crippen LogP contribution >= 0.6 is 0 Å². The number of nitrogens with zero attached hydrogens (tertiary/aromatic N) is 2. The van der Waals surface area contributed by atoms with E-state index in [1.807, 2.05) is 19.1 Å². The largest absolute Gasteiger partial charge is 0.366 e. The highest BCUT2D eigenvalue weighted by Crippen LogP contribution is 2.19. The lowest BCUT2D eigenvalue weighted by Gasteiger charge is -2.39. The molecular formula is C13H20N4O. The molecule has 0 spiro atoms. The number of likely N-dealkylation sites (N-methyl/N-ethyl adjacent to an activating group) is 1. The number of aromatic nitrogens is 1. The average Bonchev–Trinajstić information content (AvgIpc) is 2.34. The van der Waals surface area contributed by atoms with Crippen LogP contribution in [0.1, 0.15) is 24.3 Å². The number of carbonyl (C=O) groups is 1. The predicted molar refractivity (Wildman–Crippen MR) is 71.9 cm³/mol. The number of hydrogen-bond acceptors (Lipinski definition) is 4. The molecule has 0 bridgehead atoms. The molecule has 0 radical (unpaired) electrons. The van der Waals surface area contributed by atoms with E-state index in [2.05, 4.69) is 27.4 Å². The first kappa shape index (κ1) is 12.8. The second-order valence-corrected chi connectivity index (χ2v) is 4.36. The van der Waals surface area contributed by atoms with E-state index >= 15 is 0 Å². The van der Waals surface area contributed by atoms with Crippen LogP contribution in [-0.2, 0) is 0 Å². The minimum absolute atomic E-state index is 0.109. The molecule has 0 unspecified atom stereocenters. The van der Waals surface area contributed by atoms with Crippen LogP contribution in [0.3, 0.4) is 0 Å². The molecule has 2 heterocycles. The number of rotatable bonds is 5. The topological polar surface area (TPSA) is 57.3 Å². The number of anilines is 1.